The van der Waals surface area contributed by atoms with Crippen LogP contribution in [-0.2, 0) is 6.54 Å². The largest absolute Gasteiger partial charge is 0.491 e. The van der Waals surface area contributed by atoms with Crippen LogP contribution in [0.1, 0.15) is 6.42 Å². The predicted molar refractivity (Wildman–Crippen MR) is 130 cm³/mol. The Labute approximate surface area is 196 Å². The van der Waals surface area contributed by atoms with Crippen molar-refractivity contribution in [3.05, 3.63) is 85.2 Å². The molecule has 0 aliphatic rings. The molecule has 0 spiro atoms. The minimum atomic E-state index is -0.278. The van der Waals surface area contributed by atoms with E-state index < -0.39 is 0 Å². The van der Waals surface area contributed by atoms with Crippen molar-refractivity contribution in [3.8, 4) is 28.3 Å². The second-order valence-electron chi connectivity index (χ2n) is 7.74. The number of aromatic nitrogens is 5. The Balaban J connectivity index is 1.57. The van der Waals surface area contributed by atoms with E-state index >= 15 is 0 Å². The van der Waals surface area contributed by atoms with Crippen LogP contribution < -0.4 is 10.1 Å². The summed E-state index contributed by atoms with van der Waals surface area (Å²) >= 11 is 0. The molecular formula is C26H23FN6O. The molecule has 0 radical (unpaired) electrons. The maximum Gasteiger partial charge on any atom is 0.163 e. The number of hydrogen-bond acceptors (Lipinski definition) is 6. The van der Waals surface area contributed by atoms with Crippen LogP contribution in [0.5, 0.6) is 5.75 Å². The Morgan fingerprint density at radius 3 is 2.59 bits per heavy atom. The minimum Gasteiger partial charge on any atom is -0.491 e. The van der Waals surface area contributed by atoms with Gasteiger partial charge in [0.05, 0.1) is 6.61 Å². The molecule has 0 unspecified atom stereocenters. The summed E-state index contributed by atoms with van der Waals surface area (Å²) in [6.45, 7) is 1.24. The molecule has 2 aromatic carbocycles. The van der Waals surface area contributed by atoms with Gasteiger partial charge in [-0.25, -0.2) is 14.4 Å². The number of halogens is 1. The Hall–Kier alpha value is -4.33. The van der Waals surface area contributed by atoms with E-state index in [1.165, 1.54) is 12.1 Å². The fourth-order valence-corrected chi connectivity index (χ4v) is 3.78. The highest BCUT2D eigenvalue weighted by Gasteiger charge is 2.16. The summed E-state index contributed by atoms with van der Waals surface area (Å²) in [5, 5.41) is 8.24. The number of nitrogens with zero attached hydrogens (tertiary/aromatic N) is 5. The molecule has 170 valence electrons. The van der Waals surface area contributed by atoms with Crippen LogP contribution in [0.3, 0.4) is 0 Å². The molecule has 8 heteroatoms. The zero-order valence-electron chi connectivity index (χ0n) is 18.6. The quantitative estimate of drug-likeness (QED) is 0.325. The summed E-state index contributed by atoms with van der Waals surface area (Å²) in [7, 11) is 1.82. The van der Waals surface area contributed by atoms with Crippen molar-refractivity contribution in [1.82, 2.24) is 24.7 Å². The molecule has 0 fully saturated rings. The predicted octanol–water partition coefficient (Wildman–Crippen LogP) is 5.21. The fourth-order valence-electron chi connectivity index (χ4n) is 3.78. The molecule has 5 aromatic rings. The highest BCUT2D eigenvalue weighted by atomic mass is 19.1. The molecule has 7 nitrogen and oxygen atoms in total. The van der Waals surface area contributed by atoms with Gasteiger partial charge in [0, 0.05) is 55.8 Å². The van der Waals surface area contributed by atoms with Gasteiger partial charge in [0.15, 0.2) is 5.82 Å². The van der Waals surface area contributed by atoms with Gasteiger partial charge in [0.1, 0.15) is 22.9 Å². The van der Waals surface area contributed by atoms with Crippen molar-refractivity contribution in [3.63, 3.8) is 0 Å². The van der Waals surface area contributed by atoms with Crippen LogP contribution in [0, 0.1) is 5.82 Å². The van der Waals surface area contributed by atoms with Crippen molar-refractivity contribution in [2.24, 2.45) is 0 Å². The SMILES string of the molecule is CNc1nc(-c2cccnc2)nc2c(OCCCn3cccn3)cc(-c3ccc(F)cc3)cc12. The molecule has 0 bridgehead atoms. The van der Waals surface area contributed by atoms with Gasteiger partial charge in [-0.3, -0.25) is 9.67 Å². The number of hydrogen-bond donors (Lipinski definition) is 1. The van der Waals surface area contributed by atoms with E-state index in [1.54, 1.807) is 30.7 Å². The average Bonchev–Trinajstić information content (AvgIpc) is 3.40. The van der Waals surface area contributed by atoms with E-state index in [1.807, 2.05) is 48.3 Å². The van der Waals surface area contributed by atoms with Gasteiger partial charge in [-0.05, 0) is 53.6 Å². The van der Waals surface area contributed by atoms with E-state index in [0.29, 0.717) is 29.5 Å². The lowest BCUT2D eigenvalue weighted by atomic mass is 10.0. The molecule has 3 heterocycles. The van der Waals surface area contributed by atoms with Crippen LogP contribution >= 0.6 is 0 Å². The highest BCUT2D eigenvalue weighted by molar-refractivity contribution is 5.97. The highest BCUT2D eigenvalue weighted by Crippen LogP contribution is 2.36. The molecule has 0 aliphatic carbocycles. The zero-order valence-corrected chi connectivity index (χ0v) is 18.6. The standard InChI is InChI=1S/C26H23FN6O/c1-28-26-22-15-20(18-6-8-21(27)9-7-18)16-23(34-14-4-13-33-12-3-11-30-33)24(22)31-25(32-26)19-5-2-10-29-17-19/h2-3,5-12,15-17H,4,13-14H2,1H3,(H,28,31,32). The number of ether oxygens (including phenoxy) is 1. The Morgan fingerprint density at radius 1 is 0.971 bits per heavy atom. The number of pyridine rings is 1. The van der Waals surface area contributed by atoms with Crippen molar-refractivity contribution in [2.75, 3.05) is 19.0 Å². The summed E-state index contributed by atoms with van der Waals surface area (Å²) in [4.78, 5) is 13.8. The molecule has 0 saturated heterocycles. The summed E-state index contributed by atoms with van der Waals surface area (Å²) in [5.74, 6) is 1.59. The van der Waals surface area contributed by atoms with E-state index in [9.17, 15) is 4.39 Å². The van der Waals surface area contributed by atoms with Crippen LogP contribution in [0.25, 0.3) is 33.4 Å². The van der Waals surface area contributed by atoms with Gasteiger partial charge in [0.2, 0.25) is 0 Å². The van der Waals surface area contributed by atoms with Crippen LogP contribution in [0.4, 0.5) is 10.2 Å². The Bertz CT molecular complexity index is 1390. The molecule has 1 N–H and O–H groups in total. The van der Waals surface area contributed by atoms with Gasteiger partial charge in [-0.1, -0.05) is 12.1 Å². The maximum absolute atomic E-state index is 13.5. The first-order valence-corrected chi connectivity index (χ1v) is 11.0. The van der Waals surface area contributed by atoms with Gasteiger partial charge in [0.25, 0.3) is 0 Å². The van der Waals surface area contributed by atoms with Crippen LogP contribution in [0.15, 0.2) is 79.4 Å². The number of nitrogens with one attached hydrogen (secondary N) is 1. The number of aryl methyl sites for hydroxylation is 1. The maximum atomic E-state index is 13.5. The summed E-state index contributed by atoms with van der Waals surface area (Å²) in [6.07, 6.45) is 7.92. The third kappa shape index (κ3) is 4.56. The lowest BCUT2D eigenvalue weighted by Gasteiger charge is -2.15. The molecule has 34 heavy (non-hydrogen) atoms. The normalized spacial score (nSPS) is 11.0. The zero-order chi connectivity index (χ0) is 23.3. The molecular weight excluding hydrogens is 431 g/mol. The van der Waals surface area contributed by atoms with Crippen molar-refractivity contribution < 1.29 is 9.13 Å². The lowest BCUT2D eigenvalue weighted by Crippen LogP contribution is -2.06. The lowest BCUT2D eigenvalue weighted by molar-refractivity contribution is 0.301. The van der Waals surface area contributed by atoms with Crippen LogP contribution in [-0.4, -0.2) is 38.4 Å². The van der Waals surface area contributed by atoms with Crippen molar-refractivity contribution in [2.45, 2.75) is 13.0 Å². The number of fused-ring (bicyclic) bond motifs is 1. The second-order valence-corrected chi connectivity index (χ2v) is 7.74. The van der Waals surface area contributed by atoms with Crippen molar-refractivity contribution >= 4 is 16.7 Å². The van der Waals surface area contributed by atoms with E-state index in [-0.39, 0.29) is 5.82 Å². The van der Waals surface area contributed by atoms with Crippen LogP contribution in [0.2, 0.25) is 0 Å². The molecule has 0 atom stereocenters. The smallest absolute Gasteiger partial charge is 0.163 e. The average molecular weight is 455 g/mol. The third-order valence-electron chi connectivity index (χ3n) is 5.45. The van der Waals surface area contributed by atoms with Gasteiger partial charge < -0.3 is 10.1 Å². The van der Waals surface area contributed by atoms with Crippen molar-refractivity contribution in [1.29, 1.82) is 0 Å². The molecule has 0 amide bonds. The summed E-state index contributed by atoms with van der Waals surface area (Å²) < 4.78 is 21.6. The number of anilines is 1. The third-order valence-corrected chi connectivity index (χ3v) is 5.45. The number of rotatable bonds is 8. The summed E-state index contributed by atoms with van der Waals surface area (Å²) in [5.41, 5.74) is 3.28. The molecule has 0 aliphatic heterocycles. The number of benzene rings is 2. The fraction of sp³-hybridized carbons (Fsp3) is 0.154. The second kappa shape index (κ2) is 9.66. The monoisotopic (exact) mass is 454 g/mol. The van der Waals surface area contributed by atoms with E-state index in [4.69, 9.17) is 14.7 Å². The minimum absolute atomic E-state index is 0.278. The first-order chi connectivity index (χ1) is 16.7. The van der Waals surface area contributed by atoms with Gasteiger partial charge in [-0.15, -0.1) is 0 Å². The first-order valence-electron chi connectivity index (χ1n) is 11.0. The van der Waals surface area contributed by atoms with E-state index in [2.05, 4.69) is 15.4 Å². The summed E-state index contributed by atoms with van der Waals surface area (Å²) in [6, 6.07) is 16.0. The first kappa shape index (κ1) is 21.5. The Kier molecular flexibility index (Phi) is 6.11. The molecule has 3 aromatic heterocycles. The molecule has 5 rings (SSSR count). The van der Waals surface area contributed by atoms with E-state index in [0.717, 1.165) is 35.0 Å². The Morgan fingerprint density at radius 2 is 1.85 bits per heavy atom. The topological polar surface area (TPSA) is 77.8 Å². The van der Waals surface area contributed by atoms with Gasteiger partial charge >= 0.3 is 0 Å². The molecule has 0 saturated carbocycles. The van der Waals surface area contributed by atoms with Gasteiger partial charge in [-0.2, -0.15) is 5.10 Å².